The molecule has 1 aromatic heterocycles. The van der Waals surface area contributed by atoms with Crippen molar-refractivity contribution in [2.75, 3.05) is 7.05 Å². The highest BCUT2D eigenvalue weighted by atomic mass is 35.5. The Morgan fingerprint density at radius 1 is 1.17 bits per heavy atom. The van der Waals surface area contributed by atoms with Crippen LogP contribution in [0.25, 0.3) is 11.1 Å². The number of aromatic nitrogens is 1. The fraction of sp³-hybridized carbons (Fsp3) is 0.267. The van der Waals surface area contributed by atoms with Gasteiger partial charge in [0.25, 0.3) is 0 Å². The predicted molar refractivity (Wildman–Crippen MR) is 76.9 cm³/mol. The van der Waals surface area contributed by atoms with Crippen LogP contribution in [-0.2, 0) is 0 Å². The normalized spacial score (nSPS) is 12.4. The van der Waals surface area contributed by atoms with E-state index in [1.807, 2.05) is 32.3 Å². The fourth-order valence-corrected chi connectivity index (χ4v) is 2.28. The summed E-state index contributed by atoms with van der Waals surface area (Å²) in [4.78, 5) is 4.20. The minimum absolute atomic E-state index is 0.255. The van der Waals surface area contributed by atoms with Gasteiger partial charge in [-0.15, -0.1) is 0 Å². The van der Waals surface area contributed by atoms with Gasteiger partial charge in [0.2, 0.25) is 0 Å². The van der Waals surface area contributed by atoms with Crippen LogP contribution in [0.3, 0.4) is 0 Å². The number of nitrogens with one attached hydrogen (secondary N) is 1. The van der Waals surface area contributed by atoms with Crippen molar-refractivity contribution in [3.8, 4) is 11.1 Å². The van der Waals surface area contributed by atoms with Crippen LogP contribution in [0.5, 0.6) is 0 Å². The largest absolute Gasteiger partial charge is 0.313 e. The summed E-state index contributed by atoms with van der Waals surface area (Å²) < 4.78 is 0. The molecular formula is C15H17ClN2. The summed E-state index contributed by atoms with van der Waals surface area (Å²) >= 11 is 6.34. The standard InChI is InChI=1S/C15H17ClN2/c1-10-8-13(6-7-18-10)12-4-5-14(11(2)17-3)15(16)9-12/h4-9,11,17H,1-3H3. The Hall–Kier alpha value is -1.38. The summed E-state index contributed by atoms with van der Waals surface area (Å²) in [5.41, 5.74) is 4.40. The number of hydrogen-bond acceptors (Lipinski definition) is 2. The second-order valence-corrected chi connectivity index (χ2v) is 4.84. The van der Waals surface area contributed by atoms with E-state index in [4.69, 9.17) is 11.6 Å². The Kier molecular flexibility index (Phi) is 4.00. The van der Waals surface area contributed by atoms with E-state index in [1.54, 1.807) is 0 Å². The summed E-state index contributed by atoms with van der Waals surface area (Å²) in [6, 6.07) is 10.5. The highest BCUT2D eigenvalue weighted by Crippen LogP contribution is 2.28. The summed E-state index contributed by atoms with van der Waals surface area (Å²) in [6.45, 7) is 4.08. The van der Waals surface area contributed by atoms with Gasteiger partial charge in [0, 0.05) is 23.0 Å². The maximum absolute atomic E-state index is 6.34. The predicted octanol–water partition coefficient (Wildman–Crippen LogP) is 3.99. The van der Waals surface area contributed by atoms with E-state index in [9.17, 15) is 0 Å². The molecule has 0 aliphatic heterocycles. The molecule has 2 nitrogen and oxygen atoms in total. The van der Waals surface area contributed by atoms with Crippen LogP contribution in [0, 0.1) is 6.92 Å². The first-order chi connectivity index (χ1) is 8.61. The van der Waals surface area contributed by atoms with E-state index in [-0.39, 0.29) is 6.04 Å². The van der Waals surface area contributed by atoms with Gasteiger partial charge in [-0.05, 0) is 55.8 Å². The first-order valence-corrected chi connectivity index (χ1v) is 6.39. The highest BCUT2D eigenvalue weighted by molar-refractivity contribution is 6.31. The van der Waals surface area contributed by atoms with Gasteiger partial charge in [0.15, 0.2) is 0 Å². The summed E-state index contributed by atoms with van der Waals surface area (Å²) in [6.07, 6.45) is 1.82. The van der Waals surface area contributed by atoms with Crippen molar-refractivity contribution in [2.24, 2.45) is 0 Å². The molecule has 2 aromatic rings. The molecule has 0 amide bonds. The van der Waals surface area contributed by atoms with Crippen LogP contribution in [-0.4, -0.2) is 12.0 Å². The van der Waals surface area contributed by atoms with Crippen LogP contribution >= 0.6 is 11.6 Å². The van der Waals surface area contributed by atoms with Crippen molar-refractivity contribution in [3.05, 3.63) is 52.8 Å². The molecule has 1 aromatic carbocycles. The van der Waals surface area contributed by atoms with E-state index < -0.39 is 0 Å². The quantitative estimate of drug-likeness (QED) is 0.903. The molecule has 0 saturated carbocycles. The zero-order chi connectivity index (χ0) is 13.1. The average molecular weight is 261 g/mol. The lowest BCUT2D eigenvalue weighted by molar-refractivity contribution is 0.652. The minimum Gasteiger partial charge on any atom is -0.313 e. The second kappa shape index (κ2) is 5.51. The molecule has 3 heteroatoms. The number of halogens is 1. The van der Waals surface area contributed by atoms with Crippen molar-refractivity contribution >= 4 is 11.6 Å². The van der Waals surface area contributed by atoms with Gasteiger partial charge in [-0.3, -0.25) is 4.98 Å². The molecule has 1 N–H and O–H groups in total. The van der Waals surface area contributed by atoms with Crippen molar-refractivity contribution in [3.63, 3.8) is 0 Å². The van der Waals surface area contributed by atoms with Crippen molar-refractivity contribution < 1.29 is 0 Å². The number of aryl methyl sites for hydroxylation is 1. The lowest BCUT2D eigenvalue weighted by Crippen LogP contribution is -2.12. The van der Waals surface area contributed by atoms with Gasteiger partial charge < -0.3 is 5.32 Å². The molecule has 0 saturated heterocycles. The molecule has 0 fully saturated rings. The first-order valence-electron chi connectivity index (χ1n) is 6.01. The monoisotopic (exact) mass is 260 g/mol. The summed E-state index contributed by atoms with van der Waals surface area (Å²) in [5.74, 6) is 0. The molecule has 2 rings (SSSR count). The lowest BCUT2D eigenvalue weighted by Gasteiger charge is -2.13. The van der Waals surface area contributed by atoms with E-state index in [1.165, 1.54) is 0 Å². The molecule has 18 heavy (non-hydrogen) atoms. The number of benzene rings is 1. The van der Waals surface area contributed by atoms with Gasteiger partial charge in [0.05, 0.1) is 0 Å². The molecule has 0 aliphatic carbocycles. The Morgan fingerprint density at radius 3 is 2.50 bits per heavy atom. The molecule has 1 unspecified atom stereocenters. The lowest BCUT2D eigenvalue weighted by atomic mass is 10.0. The van der Waals surface area contributed by atoms with Crippen molar-refractivity contribution in [2.45, 2.75) is 19.9 Å². The SMILES string of the molecule is CNC(C)c1ccc(-c2ccnc(C)c2)cc1Cl. The molecule has 0 aliphatic rings. The number of pyridine rings is 1. The second-order valence-electron chi connectivity index (χ2n) is 4.43. The zero-order valence-corrected chi connectivity index (χ0v) is 11.6. The third-order valence-electron chi connectivity index (χ3n) is 3.13. The molecule has 0 bridgehead atoms. The van der Waals surface area contributed by atoms with Crippen molar-refractivity contribution in [1.29, 1.82) is 0 Å². The third kappa shape index (κ3) is 2.71. The zero-order valence-electron chi connectivity index (χ0n) is 10.9. The van der Waals surface area contributed by atoms with Crippen molar-refractivity contribution in [1.82, 2.24) is 10.3 Å². The third-order valence-corrected chi connectivity index (χ3v) is 3.46. The maximum Gasteiger partial charge on any atom is 0.0459 e. The van der Waals surface area contributed by atoms with Crippen LogP contribution < -0.4 is 5.32 Å². The van der Waals surface area contributed by atoms with E-state index in [2.05, 4.69) is 35.4 Å². The van der Waals surface area contributed by atoms with Crippen LogP contribution in [0.4, 0.5) is 0 Å². The molecule has 1 atom stereocenters. The smallest absolute Gasteiger partial charge is 0.0459 e. The molecule has 1 heterocycles. The summed E-state index contributed by atoms with van der Waals surface area (Å²) in [5, 5.41) is 3.99. The van der Waals surface area contributed by atoms with Gasteiger partial charge >= 0.3 is 0 Å². The Morgan fingerprint density at radius 2 is 1.89 bits per heavy atom. The van der Waals surface area contributed by atoms with E-state index in [0.717, 1.165) is 27.4 Å². The average Bonchev–Trinajstić information content (AvgIpc) is 2.37. The van der Waals surface area contributed by atoms with Crippen LogP contribution in [0.15, 0.2) is 36.5 Å². The summed E-state index contributed by atoms with van der Waals surface area (Å²) in [7, 11) is 1.93. The van der Waals surface area contributed by atoms with Crippen LogP contribution in [0.2, 0.25) is 5.02 Å². The number of nitrogens with zero attached hydrogens (tertiary/aromatic N) is 1. The van der Waals surface area contributed by atoms with Gasteiger partial charge in [-0.25, -0.2) is 0 Å². The maximum atomic E-state index is 6.34. The van der Waals surface area contributed by atoms with E-state index in [0.29, 0.717) is 0 Å². The molecular weight excluding hydrogens is 244 g/mol. The van der Waals surface area contributed by atoms with Gasteiger partial charge in [0.1, 0.15) is 0 Å². The molecule has 0 radical (unpaired) electrons. The Labute approximate surface area is 113 Å². The molecule has 0 spiro atoms. The molecule has 94 valence electrons. The first kappa shape index (κ1) is 13.1. The van der Waals surface area contributed by atoms with E-state index >= 15 is 0 Å². The Balaban J connectivity index is 2.40. The van der Waals surface area contributed by atoms with Crippen LogP contribution in [0.1, 0.15) is 24.2 Å². The fourth-order valence-electron chi connectivity index (χ4n) is 1.94. The minimum atomic E-state index is 0.255. The number of hydrogen-bond donors (Lipinski definition) is 1. The topological polar surface area (TPSA) is 24.9 Å². The Bertz CT molecular complexity index is 552. The van der Waals surface area contributed by atoms with Gasteiger partial charge in [-0.1, -0.05) is 23.7 Å². The van der Waals surface area contributed by atoms with Gasteiger partial charge in [-0.2, -0.15) is 0 Å². The number of rotatable bonds is 3. The highest BCUT2D eigenvalue weighted by Gasteiger charge is 2.09.